The molecule has 0 rings (SSSR count). The number of nitrogens with zero attached hydrogens (tertiary/aromatic N) is 1. The summed E-state index contributed by atoms with van der Waals surface area (Å²) in [5, 5.41) is 6.25. The molecule has 0 aliphatic heterocycles. The van der Waals surface area contributed by atoms with Gasteiger partial charge in [0.05, 0.1) is 0 Å². The van der Waals surface area contributed by atoms with Crippen LogP contribution in [0.2, 0.25) is 0 Å². The average Bonchev–Trinajstić information content (AvgIpc) is 1.00. The second-order valence-corrected chi connectivity index (χ2v) is 0. The summed E-state index contributed by atoms with van der Waals surface area (Å²) in [5.74, 6) is 0. The molecule has 0 spiro atoms. The molecular formula is CCuNZr-. The van der Waals surface area contributed by atoms with E-state index < -0.39 is 0 Å². The Hall–Kier alpha value is 0.893. The van der Waals surface area contributed by atoms with E-state index in [-0.39, 0.29) is 43.3 Å². The van der Waals surface area contributed by atoms with Crippen molar-refractivity contribution in [2.24, 2.45) is 0 Å². The minimum atomic E-state index is 0. The minimum absolute atomic E-state index is 0. The van der Waals surface area contributed by atoms with Gasteiger partial charge in [0.2, 0.25) is 0 Å². The largest absolute Gasteiger partial charge is 0.512 e. The third kappa shape index (κ3) is 13.0. The van der Waals surface area contributed by atoms with E-state index in [0.29, 0.717) is 0 Å². The summed E-state index contributed by atoms with van der Waals surface area (Å²) in [6.07, 6.45) is 0. The van der Waals surface area contributed by atoms with Gasteiger partial charge in [-0.15, -0.1) is 0 Å². The van der Waals surface area contributed by atoms with E-state index in [1.807, 2.05) is 0 Å². The van der Waals surface area contributed by atoms with Crippen LogP contribution < -0.4 is 0 Å². The van der Waals surface area contributed by atoms with Crippen molar-refractivity contribution in [3.05, 3.63) is 6.57 Å². The second kappa shape index (κ2) is 40.9. The van der Waals surface area contributed by atoms with E-state index >= 15 is 0 Å². The molecule has 4 heavy (non-hydrogen) atoms. The zero-order valence-electron chi connectivity index (χ0n) is 1.75. The van der Waals surface area contributed by atoms with Crippen LogP contribution in [0.1, 0.15) is 0 Å². The van der Waals surface area contributed by atoms with E-state index in [2.05, 4.69) is 0 Å². The summed E-state index contributed by atoms with van der Waals surface area (Å²) < 4.78 is 0. The topological polar surface area (TPSA) is 23.8 Å². The molecule has 25 valence electrons. The van der Waals surface area contributed by atoms with E-state index in [0.717, 1.165) is 0 Å². The Kier molecular flexibility index (Phi) is 212. The molecule has 3 heteroatoms. The Labute approximate surface area is 55.0 Å². The molecule has 0 aromatic carbocycles. The molecule has 1 nitrogen and oxygen atoms in total. The van der Waals surface area contributed by atoms with Crippen LogP contribution in [-0.2, 0) is 43.3 Å². The fraction of sp³-hybridized carbons (Fsp3) is 0. The fourth-order valence-electron chi connectivity index (χ4n) is 0. The fourth-order valence-corrected chi connectivity index (χ4v) is 0. The molecule has 0 bridgehead atoms. The van der Waals surface area contributed by atoms with Gasteiger partial charge in [0.15, 0.2) is 0 Å². The van der Waals surface area contributed by atoms with Gasteiger partial charge in [0, 0.05) is 43.3 Å². The monoisotopic (exact) mass is 179 g/mol. The van der Waals surface area contributed by atoms with Crippen molar-refractivity contribution in [1.29, 1.82) is 5.26 Å². The SMILES string of the molecule is [C-]#N.[Cu].[Zr]. The van der Waals surface area contributed by atoms with Crippen LogP contribution in [0.3, 0.4) is 0 Å². The molecular weight excluding hydrogens is 181 g/mol. The van der Waals surface area contributed by atoms with Crippen molar-refractivity contribution in [1.82, 2.24) is 0 Å². The number of hydrogen-bond donors (Lipinski definition) is 0. The van der Waals surface area contributed by atoms with Crippen LogP contribution in [0, 0.1) is 11.8 Å². The molecule has 0 aromatic heterocycles. The van der Waals surface area contributed by atoms with Gasteiger partial charge in [-0.3, -0.25) is 0 Å². The molecule has 0 heterocycles. The second-order valence-electron chi connectivity index (χ2n) is 0. The molecule has 1 radical (unpaired) electrons. The van der Waals surface area contributed by atoms with Crippen LogP contribution in [0.15, 0.2) is 0 Å². The standard InChI is InChI=1S/CN.Cu.Zr/c1-2;;/q-1;;. The first-order chi connectivity index (χ1) is 1.00. The van der Waals surface area contributed by atoms with Crippen LogP contribution >= 0.6 is 0 Å². The van der Waals surface area contributed by atoms with Gasteiger partial charge < -0.3 is 11.8 Å². The maximum atomic E-state index is 6.25. The summed E-state index contributed by atoms with van der Waals surface area (Å²) in [6, 6.07) is 0. The maximum absolute atomic E-state index is 6.25. The zero-order valence-corrected chi connectivity index (χ0v) is 5.15. The third-order valence-electron chi connectivity index (χ3n) is 0. The van der Waals surface area contributed by atoms with Gasteiger partial charge in [-0.05, 0) is 0 Å². The van der Waals surface area contributed by atoms with Gasteiger partial charge in [0.25, 0.3) is 0 Å². The van der Waals surface area contributed by atoms with Gasteiger partial charge in [-0.25, -0.2) is 0 Å². The van der Waals surface area contributed by atoms with Crippen LogP contribution in [0.5, 0.6) is 0 Å². The van der Waals surface area contributed by atoms with Gasteiger partial charge in [0.1, 0.15) is 0 Å². The molecule has 0 amide bonds. The average molecular weight is 181 g/mol. The summed E-state index contributed by atoms with van der Waals surface area (Å²) in [5.41, 5.74) is 0. The zero-order chi connectivity index (χ0) is 2.00. The van der Waals surface area contributed by atoms with Crippen molar-refractivity contribution in [3.8, 4) is 0 Å². The summed E-state index contributed by atoms with van der Waals surface area (Å²) in [4.78, 5) is 0. The Bertz CT molecular complexity index is 12.8. The summed E-state index contributed by atoms with van der Waals surface area (Å²) >= 11 is 0. The molecule has 0 aromatic rings. The third-order valence-corrected chi connectivity index (χ3v) is 0. The van der Waals surface area contributed by atoms with Crippen molar-refractivity contribution in [2.45, 2.75) is 0 Å². The first-order valence-electron chi connectivity index (χ1n) is 0.224. The summed E-state index contributed by atoms with van der Waals surface area (Å²) in [7, 11) is 0. The Morgan fingerprint density at radius 2 is 1.25 bits per heavy atom. The molecule has 0 fully saturated rings. The number of rotatable bonds is 0. The summed E-state index contributed by atoms with van der Waals surface area (Å²) in [6.45, 7) is 4.75. The smallest absolute Gasteiger partial charge is 0 e. The van der Waals surface area contributed by atoms with E-state index in [1.165, 1.54) is 0 Å². The molecule has 0 saturated heterocycles. The van der Waals surface area contributed by atoms with Gasteiger partial charge >= 0.3 is 0 Å². The molecule has 0 N–H and O–H groups in total. The quantitative estimate of drug-likeness (QED) is 0.383. The van der Waals surface area contributed by atoms with Crippen LogP contribution in [-0.4, -0.2) is 0 Å². The Morgan fingerprint density at radius 3 is 1.25 bits per heavy atom. The van der Waals surface area contributed by atoms with Crippen LogP contribution in [0.4, 0.5) is 0 Å². The van der Waals surface area contributed by atoms with Crippen molar-refractivity contribution in [3.63, 3.8) is 0 Å². The molecule has 0 aliphatic rings. The van der Waals surface area contributed by atoms with E-state index in [9.17, 15) is 0 Å². The predicted molar refractivity (Wildman–Crippen MR) is 4.97 cm³/mol. The predicted octanol–water partition coefficient (Wildman–Crippen LogP) is 0.0914. The number of hydrogen-bond acceptors (Lipinski definition) is 1. The van der Waals surface area contributed by atoms with Crippen LogP contribution in [0.25, 0.3) is 0 Å². The molecule has 0 saturated carbocycles. The van der Waals surface area contributed by atoms with Crippen molar-refractivity contribution < 1.29 is 43.3 Å². The maximum Gasteiger partial charge on any atom is 0 e. The van der Waals surface area contributed by atoms with Gasteiger partial charge in [-0.2, -0.15) is 0 Å². The van der Waals surface area contributed by atoms with Crippen molar-refractivity contribution >= 4 is 0 Å². The van der Waals surface area contributed by atoms with Gasteiger partial charge in [-0.1, -0.05) is 0 Å². The molecule has 0 unspecified atom stereocenters. The molecule has 0 aliphatic carbocycles. The first kappa shape index (κ1) is 20.7. The first-order valence-corrected chi connectivity index (χ1v) is 0.224. The normalized spacial score (nSPS) is 0.500. The Morgan fingerprint density at radius 1 is 1.25 bits per heavy atom. The molecule has 0 atom stereocenters. The minimum Gasteiger partial charge on any atom is -0.512 e. The van der Waals surface area contributed by atoms with Crippen molar-refractivity contribution in [2.75, 3.05) is 0 Å². The Balaban J connectivity index is -0.00000000500. The van der Waals surface area contributed by atoms with E-state index in [1.54, 1.807) is 0 Å². The van der Waals surface area contributed by atoms with E-state index in [4.69, 9.17) is 11.8 Å².